The van der Waals surface area contributed by atoms with Crippen molar-refractivity contribution in [2.24, 2.45) is 5.92 Å². The minimum absolute atomic E-state index is 0.0911. The van der Waals surface area contributed by atoms with Crippen molar-refractivity contribution in [3.63, 3.8) is 0 Å². The molecule has 1 rings (SSSR count). The monoisotopic (exact) mass is 240 g/mol. The summed E-state index contributed by atoms with van der Waals surface area (Å²) >= 11 is 0. The molecule has 0 unspecified atom stereocenters. The lowest BCUT2D eigenvalue weighted by atomic mass is 10.1. The van der Waals surface area contributed by atoms with Crippen molar-refractivity contribution < 1.29 is 9.21 Å². The van der Waals surface area contributed by atoms with Crippen LogP contribution >= 0.6 is 0 Å². The highest BCUT2D eigenvalue weighted by Gasteiger charge is 2.14. The molecular formula is C11H20N4O2. The normalized spacial score (nSPS) is 10.9. The standard InChI is InChI=1S/C11H20N4O2/c1-8(2)5-11(16)15(4)7-10-14-13-9(17-10)6-12-3/h8,12H,5-7H2,1-4H3. The second kappa shape index (κ2) is 6.34. The fourth-order valence-corrected chi connectivity index (χ4v) is 1.37. The second-order valence-electron chi connectivity index (χ2n) is 4.47. The van der Waals surface area contributed by atoms with E-state index in [9.17, 15) is 4.79 Å². The summed E-state index contributed by atoms with van der Waals surface area (Å²) in [5, 5.41) is 10.7. The van der Waals surface area contributed by atoms with Crippen LogP contribution in [0.3, 0.4) is 0 Å². The number of hydrogen-bond donors (Lipinski definition) is 1. The molecule has 0 saturated carbocycles. The van der Waals surface area contributed by atoms with E-state index >= 15 is 0 Å². The third-order valence-corrected chi connectivity index (χ3v) is 2.22. The molecule has 0 atom stereocenters. The Morgan fingerprint density at radius 1 is 1.41 bits per heavy atom. The lowest BCUT2D eigenvalue weighted by molar-refractivity contribution is -0.131. The third-order valence-electron chi connectivity index (χ3n) is 2.22. The summed E-state index contributed by atoms with van der Waals surface area (Å²) in [5.74, 6) is 1.45. The van der Waals surface area contributed by atoms with Crippen molar-refractivity contribution in [3.05, 3.63) is 11.8 Å². The Bertz CT molecular complexity index is 362. The van der Waals surface area contributed by atoms with E-state index in [1.807, 2.05) is 20.9 Å². The van der Waals surface area contributed by atoms with Crippen molar-refractivity contribution in [3.8, 4) is 0 Å². The maximum absolute atomic E-state index is 11.7. The molecule has 1 aromatic heterocycles. The van der Waals surface area contributed by atoms with Crippen molar-refractivity contribution >= 4 is 5.91 Å². The average molecular weight is 240 g/mol. The summed E-state index contributed by atoms with van der Waals surface area (Å²) < 4.78 is 5.37. The quantitative estimate of drug-likeness (QED) is 0.796. The summed E-state index contributed by atoms with van der Waals surface area (Å²) in [5.41, 5.74) is 0. The topological polar surface area (TPSA) is 71.3 Å². The van der Waals surface area contributed by atoms with Gasteiger partial charge in [-0.1, -0.05) is 13.8 Å². The minimum atomic E-state index is 0.0911. The molecule has 96 valence electrons. The molecule has 6 nitrogen and oxygen atoms in total. The Hall–Kier alpha value is -1.43. The van der Waals surface area contributed by atoms with Crippen molar-refractivity contribution in [1.29, 1.82) is 0 Å². The number of carbonyl (C=O) groups is 1. The summed E-state index contributed by atoms with van der Waals surface area (Å²) in [6.45, 7) is 4.94. The molecule has 0 aliphatic carbocycles. The van der Waals surface area contributed by atoms with Gasteiger partial charge in [-0.25, -0.2) is 0 Å². The molecule has 0 aliphatic rings. The van der Waals surface area contributed by atoms with Crippen LogP contribution < -0.4 is 5.32 Å². The molecule has 6 heteroatoms. The SMILES string of the molecule is CNCc1nnc(CN(C)C(=O)CC(C)C)o1. The van der Waals surface area contributed by atoms with Crippen LogP contribution in [0.15, 0.2) is 4.42 Å². The molecule has 0 aromatic carbocycles. The third kappa shape index (κ3) is 4.52. The van der Waals surface area contributed by atoms with E-state index in [4.69, 9.17) is 4.42 Å². The zero-order valence-corrected chi connectivity index (χ0v) is 10.9. The average Bonchev–Trinajstić information content (AvgIpc) is 2.65. The first kappa shape index (κ1) is 13.6. The number of hydrogen-bond acceptors (Lipinski definition) is 5. The Morgan fingerprint density at radius 2 is 2.06 bits per heavy atom. The first-order chi connectivity index (χ1) is 8.02. The van der Waals surface area contributed by atoms with Gasteiger partial charge in [0.2, 0.25) is 17.7 Å². The van der Waals surface area contributed by atoms with E-state index in [2.05, 4.69) is 15.5 Å². The van der Waals surface area contributed by atoms with Crippen LogP contribution in [-0.2, 0) is 17.9 Å². The molecule has 0 radical (unpaired) electrons. The molecule has 1 aromatic rings. The molecular weight excluding hydrogens is 220 g/mol. The van der Waals surface area contributed by atoms with E-state index < -0.39 is 0 Å². The van der Waals surface area contributed by atoms with Gasteiger partial charge in [0.25, 0.3) is 0 Å². The van der Waals surface area contributed by atoms with Crippen LogP contribution in [0.2, 0.25) is 0 Å². The highest BCUT2D eigenvalue weighted by atomic mass is 16.4. The summed E-state index contributed by atoms with van der Waals surface area (Å²) in [7, 11) is 3.55. The van der Waals surface area contributed by atoms with Gasteiger partial charge in [-0.05, 0) is 13.0 Å². The zero-order chi connectivity index (χ0) is 12.8. The van der Waals surface area contributed by atoms with Crippen LogP contribution in [0, 0.1) is 5.92 Å². The molecule has 0 bridgehead atoms. The maximum Gasteiger partial charge on any atom is 0.235 e. The van der Waals surface area contributed by atoms with E-state index in [-0.39, 0.29) is 5.91 Å². The van der Waals surface area contributed by atoms with Crippen molar-refractivity contribution in [1.82, 2.24) is 20.4 Å². The van der Waals surface area contributed by atoms with Gasteiger partial charge in [-0.15, -0.1) is 10.2 Å². The van der Waals surface area contributed by atoms with Gasteiger partial charge in [-0.3, -0.25) is 4.79 Å². The van der Waals surface area contributed by atoms with Gasteiger partial charge in [-0.2, -0.15) is 0 Å². The highest BCUT2D eigenvalue weighted by Crippen LogP contribution is 2.07. The van der Waals surface area contributed by atoms with Crippen LogP contribution in [0.25, 0.3) is 0 Å². The Kier molecular flexibility index (Phi) is 5.09. The maximum atomic E-state index is 11.7. The minimum Gasteiger partial charge on any atom is -0.422 e. The summed E-state index contributed by atoms with van der Waals surface area (Å²) in [4.78, 5) is 13.3. The molecule has 1 N–H and O–H groups in total. The molecule has 1 heterocycles. The number of rotatable bonds is 6. The van der Waals surface area contributed by atoms with Gasteiger partial charge in [0, 0.05) is 13.5 Å². The Labute approximate surface area is 101 Å². The smallest absolute Gasteiger partial charge is 0.235 e. The van der Waals surface area contributed by atoms with Crippen molar-refractivity contribution in [2.45, 2.75) is 33.4 Å². The number of nitrogens with zero attached hydrogens (tertiary/aromatic N) is 3. The van der Waals surface area contributed by atoms with Crippen LogP contribution in [-0.4, -0.2) is 35.1 Å². The second-order valence-corrected chi connectivity index (χ2v) is 4.47. The lowest BCUT2D eigenvalue weighted by Crippen LogP contribution is -2.27. The number of aromatic nitrogens is 2. The molecule has 1 amide bonds. The molecule has 0 aliphatic heterocycles. The predicted octanol–water partition coefficient (Wildman–Crippen LogP) is 0.793. The summed E-state index contributed by atoms with van der Waals surface area (Å²) in [6, 6.07) is 0. The van der Waals surface area contributed by atoms with Gasteiger partial charge in [0.05, 0.1) is 13.1 Å². The number of nitrogens with one attached hydrogen (secondary N) is 1. The Morgan fingerprint density at radius 3 is 2.65 bits per heavy atom. The van der Waals surface area contributed by atoms with Crippen LogP contribution in [0.1, 0.15) is 32.0 Å². The lowest BCUT2D eigenvalue weighted by Gasteiger charge is -2.15. The van der Waals surface area contributed by atoms with E-state index in [0.717, 1.165) is 0 Å². The van der Waals surface area contributed by atoms with E-state index in [0.29, 0.717) is 37.2 Å². The molecule has 0 fully saturated rings. The summed E-state index contributed by atoms with van der Waals surface area (Å²) in [6.07, 6.45) is 0.536. The first-order valence-electron chi connectivity index (χ1n) is 5.72. The van der Waals surface area contributed by atoms with Gasteiger partial charge >= 0.3 is 0 Å². The number of amides is 1. The fraction of sp³-hybridized carbons (Fsp3) is 0.727. The zero-order valence-electron chi connectivity index (χ0n) is 10.9. The van der Waals surface area contributed by atoms with Crippen LogP contribution in [0.5, 0.6) is 0 Å². The number of carbonyl (C=O) groups excluding carboxylic acids is 1. The van der Waals surface area contributed by atoms with E-state index in [1.165, 1.54) is 0 Å². The fourth-order valence-electron chi connectivity index (χ4n) is 1.37. The highest BCUT2D eigenvalue weighted by molar-refractivity contribution is 5.75. The van der Waals surface area contributed by atoms with Crippen molar-refractivity contribution in [2.75, 3.05) is 14.1 Å². The van der Waals surface area contributed by atoms with Gasteiger partial charge in [0.1, 0.15) is 0 Å². The van der Waals surface area contributed by atoms with E-state index in [1.54, 1.807) is 11.9 Å². The van der Waals surface area contributed by atoms with Gasteiger partial charge < -0.3 is 14.6 Å². The van der Waals surface area contributed by atoms with Gasteiger partial charge in [0.15, 0.2) is 0 Å². The molecule has 0 spiro atoms. The van der Waals surface area contributed by atoms with Crippen LogP contribution in [0.4, 0.5) is 0 Å². The Balaban J connectivity index is 2.49. The first-order valence-corrected chi connectivity index (χ1v) is 5.72. The largest absolute Gasteiger partial charge is 0.422 e. The molecule has 17 heavy (non-hydrogen) atoms. The predicted molar refractivity (Wildman–Crippen MR) is 63.0 cm³/mol. The molecule has 0 saturated heterocycles.